The van der Waals surface area contributed by atoms with Gasteiger partial charge in [-0.2, -0.15) is 0 Å². The van der Waals surface area contributed by atoms with Crippen LogP contribution in [0.2, 0.25) is 0 Å². The van der Waals surface area contributed by atoms with Crippen LogP contribution in [0.25, 0.3) is 5.65 Å². The number of methoxy groups -OCH3 is 1. The summed E-state index contributed by atoms with van der Waals surface area (Å²) in [6, 6.07) is 5.12. The molecule has 162 valence electrons. The summed E-state index contributed by atoms with van der Waals surface area (Å²) in [5.41, 5.74) is 2.87. The maximum absolute atomic E-state index is 14.8. The fraction of sp³-hybridized carbons (Fsp3) is 0.435. The van der Waals surface area contributed by atoms with Crippen molar-refractivity contribution in [2.24, 2.45) is 0 Å². The van der Waals surface area contributed by atoms with Crippen LogP contribution in [-0.2, 0) is 16.9 Å². The van der Waals surface area contributed by atoms with E-state index in [1.807, 2.05) is 24.3 Å². The molecule has 3 heterocycles. The first-order chi connectivity index (χ1) is 14.9. The number of ether oxygens (including phenoxy) is 2. The van der Waals surface area contributed by atoms with Crippen molar-refractivity contribution in [3.05, 3.63) is 58.6 Å². The van der Waals surface area contributed by atoms with Gasteiger partial charge in [-0.1, -0.05) is 6.07 Å². The Bertz CT molecular complexity index is 1190. The van der Waals surface area contributed by atoms with E-state index < -0.39 is 11.4 Å². The van der Waals surface area contributed by atoms with E-state index in [4.69, 9.17) is 9.47 Å². The highest BCUT2D eigenvalue weighted by molar-refractivity contribution is 5.98. The van der Waals surface area contributed by atoms with Crippen LogP contribution in [0.4, 0.5) is 4.39 Å². The number of imidazole rings is 1. The second-order valence-corrected chi connectivity index (χ2v) is 8.62. The maximum Gasteiger partial charge on any atom is 0.274 e. The van der Waals surface area contributed by atoms with Gasteiger partial charge in [-0.3, -0.25) is 9.20 Å². The number of carbonyl (C=O) groups is 1. The summed E-state index contributed by atoms with van der Waals surface area (Å²) >= 11 is 0. The molecule has 1 aliphatic heterocycles. The van der Waals surface area contributed by atoms with Crippen molar-refractivity contribution in [3.8, 4) is 5.75 Å². The largest absolute Gasteiger partial charge is 0.493 e. The first kappa shape index (κ1) is 19.9. The minimum Gasteiger partial charge on any atom is -0.493 e. The molecule has 1 atom stereocenters. The number of aromatic nitrogens is 3. The fourth-order valence-electron chi connectivity index (χ4n) is 4.40. The van der Waals surface area contributed by atoms with E-state index in [0.29, 0.717) is 42.5 Å². The SMILES string of the molecule is COCc1cc(C2CC2)n2cnc(C(=O)NC3(C)CCOc4c(C)ccc(F)c43)c2n1. The highest BCUT2D eigenvalue weighted by atomic mass is 19.1. The van der Waals surface area contributed by atoms with Crippen molar-refractivity contribution in [1.82, 2.24) is 19.7 Å². The summed E-state index contributed by atoms with van der Waals surface area (Å²) in [5, 5.41) is 3.02. The molecule has 2 aliphatic rings. The molecular weight excluding hydrogens is 399 g/mol. The first-order valence-corrected chi connectivity index (χ1v) is 10.5. The second-order valence-electron chi connectivity index (χ2n) is 8.62. The summed E-state index contributed by atoms with van der Waals surface area (Å²) in [4.78, 5) is 22.4. The highest BCUT2D eigenvalue weighted by Gasteiger charge is 2.39. The number of halogens is 1. The van der Waals surface area contributed by atoms with E-state index in [-0.39, 0.29) is 11.6 Å². The standard InChI is InChI=1S/C23H25FN4O3/c1-13-4-7-16(24)18-20(13)31-9-8-23(18,2)27-22(29)19-21-26-15(11-30-3)10-17(14-5-6-14)28(21)12-25-19/h4,7,10,12,14H,5-6,8-9,11H2,1-3H3,(H,27,29). The zero-order valence-corrected chi connectivity index (χ0v) is 17.9. The average molecular weight is 424 g/mol. The van der Waals surface area contributed by atoms with Crippen LogP contribution >= 0.6 is 0 Å². The average Bonchev–Trinajstić information content (AvgIpc) is 3.49. The number of benzene rings is 1. The molecule has 1 amide bonds. The van der Waals surface area contributed by atoms with Crippen LogP contribution in [0.1, 0.15) is 65.1 Å². The Hall–Kier alpha value is -3.00. The zero-order valence-electron chi connectivity index (χ0n) is 17.9. The monoisotopic (exact) mass is 424 g/mol. The molecule has 0 spiro atoms. The summed E-state index contributed by atoms with van der Waals surface area (Å²) in [7, 11) is 1.62. The molecule has 1 aromatic carbocycles. The predicted octanol–water partition coefficient (Wildman–Crippen LogP) is 3.63. The molecule has 1 aliphatic carbocycles. The molecule has 2 aromatic heterocycles. The lowest BCUT2D eigenvalue weighted by atomic mass is 9.84. The molecule has 0 radical (unpaired) electrons. The number of nitrogens with one attached hydrogen (secondary N) is 1. The van der Waals surface area contributed by atoms with Crippen molar-refractivity contribution < 1.29 is 18.7 Å². The molecule has 1 N–H and O–H groups in total. The van der Waals surface area contributed by atoms with Crippen molar-refractivity contribution in [2.45, 2.75) is 51.2 Å². The highest BCUT2D eigenvalue weighted by Crippen LogP contribution is 2.42. The number of aryl methyl sites for hydroxylation is 1. The van der Waals surface area contributed by atoms with Crippen LogP contribution in [-0.4, -0.2) is 34.0 Å². The van der Waals surface area contributed by atoms with E-state index in [0.717, 1.165) is 29.8 Å². The Labute approximate surface area is 179 Å². The van der Waals surface area contributed by atoms with Crippen molar-refractivity contribution >= 4 is 11.6 Å². The van der Waals surface area contributed by atoms with Gasteiger partial charge in [-0.05, 0) is 50.3 Å². The minimum absolute atomic E-state index is 0.224. The Morgan fingerprint density at radius 3 is 2.97 bits per heavy atom. The summed E-state index contributed by atoms with van der Waals surface area (Å²) in [6.45, 7) is 4.44. The normalized spacial score (nSPS) is 20.4. The van der Waals surface area contributed by atoms with Gasteiger partial charge in [0.15, 0.2) is 11.3 Å². The Balaban J connectivity index is 1.54. The van der Waals surface area contributed by atoms with Crippen LogP contribution in [0.3, 0.4) is 0 Å². The third kappa shape index (κ3) is 3.35. The molecule has 1 fully saturated rings. The quantitative estimate of drug-likeness (QED) is 0.677. The molecule has 3 aromatic rings. The molecule has 8 heteroatoms. The van der Waals surface area contributed by atoms with Crippen LogP contribution < -0.4 is 10.1 Å². The van der Waals surface area contributed by atoms with Crippen LogP contribution in [0.5, 0.6) is 5.75 Å². The lowest BCUT2D eigenvalue weighted by Crippen LogP contribution is -2.47. The third-order valence-electron chi connectivity index (χ3n) is 6.18. The molecule has 1 unspecified atom stereocenters. The number of fused-ring (bicyclic) bond motifs is 2. The van der Waals surface area contributed by atoms with Crippen LogP contribution in [0.15, 0.2) is 24.5 Å². The Kier molecular flexibility index (Phi) is 4.69. The first-order valence-electron chi connectivity index (χ1n) is 10.5. The van der Waals surface area contributed by atoms with Gasteiger partial charge in [0.05, 0.1) is 30.0 Å². The Morgan fingerprint density at radius 2 is 2.23 bits per heavy atom. The van der Waals surface area contributed by atoms with Gasteiger partial charge in [0.25, 0.3) is 5.91 Å². The number of carbonyl (C=O) groups excluding carboxylic acids is 1. The number of rotatable bonds is 5. The molecule has 0 bridgehead atoms. The van der Waals surface area contributed by atoms with Gasteiger partial charge in [0, 0.05) is 19.2 Å². The molecule has 31 heavy (non-hydrogen) atoms. The number of hydrogen-bond donors (Lipinski definition) is 1. The van der Waals surface area contributed by atoms with Crippen molar-refractivity contribution in [2.75, 3.05) is 13.7 Å². The fourth-order valence-corrected chi connectivity index (χ4v) is 4.40. The van der Waals surface area contributed by atoms with Crippen LogP contribution in [0, 0.1) is 12.7 Å². The molecule has 5 rings (SSSR count). The topological polar surface area (TPSA) is 77.8 Å². The van der Waals surface area contributed by atoms with Gasteiger partial charge >= 0.3 is 0 Å². The predicted molar refractivity (Wildman–Crippen MR) is 112 cm³/mol. The molecule has 0 saturated heterocycles. The number of hydrogen-bond acceptors (Lipinski definition) is 5. The van der Waals surface area contributed by atoms with Crippen molar-refractivity contribution in [3.63, 3.8) is 0 Å². The molecule has 1 saturated carbocycles. The third-order valence-corrected chi connectivity index (χ3v) is 6.18. The van der Waals surface area contributed by atoms with Crippen molar-refractivity contribution in [1.29, 1.82) is 0 Å². The maximum atomic E-state index is 14.8. The summed E-state index contributed by atoms with van der Waals surface area (Å²) < 4.78 is 27.7. The molecular formula is C23H25FN4O3. The smallest absolute Gasteiger partial charge is 0.274 e. The zero-order chi connectivity index (χ0) is 21.8. The Morgan fingerprint density at radius 1 is 1.42 bits per heavy atom. The summed E-state index contributed by atoms with van der Waals surface area (Å²) in [6.07, 6.45) is 4.32. The number of amides is 1. The van der Waals surface area contributed by atoms with Gasteiger partial charge in [0.1, 0.15) is 17.9 Å². The van der Waals surface area contributed by atoms with E-state index in [9.17, 15) is 9.18 Å². The van der Waals surface area contributed by atoms with Gasteiger partial charge in [-0.25, -0.2) is 14.4 Å². The van der Waals surface area contributed by atoms with E-state index in [1.54, 1.807) is 19.5 Å². The minimum atomic E-state index is -0.916. The van der Waals surface area contributed by atoms with E-state index >= 15 is 0 Å². The lowest BCUT2D eigenvalue weighted by Gasteiger charge is -2.37. The number of nitrogens with zero attached hydrogens (tertiary/aromatic N) is 3. The molecule has 7 nitrogen and oxygen atoms in total. The summed E-state index contributed by atoms with van der Waals surface area (Å²) in [5.74, 6) is 0.167. The van der Waals surface area contributed by atoms with Gasteiger partial charge in [0.2, 0.25) is 0 Å². The van der Waals surface area contributed by atoms with Gasteiger partial charge < -0.3 is 14.8 Å². The van der Waals surface area contributed by atoms with E-state index in [1.165, 1.54) is 6.07 Å². The van der Waals surface area contributed by atoms with E-state index in [2.05, 4.69) is 15.3 Å². The lowest BCUT2D eigenvalue weighted by molar-refractivity contribution is 0.0866. The van der Waals surface area contributed by atoms with Gasteiger partial charge in [-0.15, -0.1) is 0 Å². The second kappa shape index (κ2) is 7.30.